The molecule has 20 heavy (non-hydrogen) atoms. The molecule has 0 aromatic heterocycles. The summed E-state index contributed by atoms with van der Waals surface area (Å²) in [6.07, 6.45) is 8.49. The van der Waals surface area contributed by atoms with E-state index in [1.54, 1.807) is 0 Å². The third kappa shape index (κ3) is 4.30. The van der Waals surface area contributed by atoms with Crippen LogP contribution in [0.4, 0.5) is 0 Å². The van der Waals surface area contributed by atoms with Crippen molar-refractivity contribution in [1.82, 2.24) is 5.43 Å². The SMILES string of the molecule is CCCCCCC(CC1OCCc2ccccc21)NN. The van der Waals surface area contributed by atoms with Crippen molar-refractivity contribution in [2.24, 2.45) is 5.84 Å². The zero-order valence-electron chi connectivity index (χ0n) is 12.6. The van der Waals surface area contributed by atoms with Gasteiger partial charge < -0.3 is 4.74 Å². The molecule has 1 aliphatic heterocycles. The summed E-state index contributed by atoms with van der Waals surface area (Å²) in [5.74, 6) is 5.72. The maximum Gasteiger partial charge on any atom is 0.0843 e. The molecule has 0 bridgehead atoms. The smallest absolute Gasteiger partial charge is 0.0843 e. The van der Waals surface area contributed by atoms with Gasteiger partial charge in [-0.25, -0.2) is 0 Å². The van der Waals surface area contributed by atoms with Crippen LogP contribution in [0.3, 0.4) is 0 Å². The van der Waals surface area contributed by atoms with Gasteiger partial charge in [-0.3, -0.25) is 11.3 Å². The molecule has 2 atom stereocenters. The molecule has 3 N–H and O–H groups in total. The molecular weight excluding hydrogens is 248 g/mol. The fraction of sp³-hybridized carbons (Fsp3) is 0.647. The number of nitrogens with one attached hydrogen (secondary N) is 1. The predicted molar refractivity (Wildman–Crippen MR) is 83.3 cm³/mol. The van der Waals surface area contributed by atoms with E-state index in [9.17, 15) is 0 Å². The Balaban J connectivity index is 1.88. The van der Waals surface area contributed by atoms with Crippen LogP contribution in [-0.4, -0.2) is 12.6 Å². The molecule has 3 heteroatoms. The topological polar surface area (TPSA) is 47.3 Å². The highest BCUT2D eigenvalue weighted by Gasteiger charge is 2.23. The molecule has 1 aromatic carbocycles. The molecule has 2 unspecified atom stereocenters. The molecule has 2 rings (SSSR count). The Morgan fingerprint density at radius 3 is 2.95 bits per heavy atom. The number of unbranched alkanes of at least 4 members (excludes halogenated alkanes) is 3. The van der Waals surface area contributed by atoms with E-state index in [2.05, 4.69) is 36.6 Å². The average Bonchev–Trinajstić information content (AvgIpc) is 2.50. The van der Waals surface area contributed by atoms with Gasteiger partial charge in [-0.05, 0) is 30.4 Å². The van der Waals surface area contributed by atoms with Crippen LogP contribution in [0.2, 0.25) is 0 Å². The minimum Gasteiger partial charge on any atom is -0.373 e. The van der Waals surface area contributed by atoms with Crippen molar-refractivity contribution < 1.29 is 4.74 Å². The van der Waals surface area contributed by atoms with Gasteiger partial charge in [0.1, 0.15) is 0 Å². The third-order valence-electron chi connectivity index (χ3n) is 4.23. The van der Waals surface area contributed by atoms with Crippen molar-refractivity contribution >= 4 is 0 Å². The normalized spacial score (nSPS) is 19.6. The van der Waals surface area contributed by atoms with Crippen LogP contribution < -0.4 is 11.3 Å². The van der Waals surface area contributed by atoms with Gasteiger partial charge in [0.25, 0.3) is 0 Å². The summed E-state index contributed by atoms with van der Waals surface area (Å²) in [5, 5.41) is 0. The predicted octanol–water partition coefficient (Wildman–Crippen LogP) is 3.49. The van der Waals surface area contributed by atoms with Crippen LogP contribution in [0.1, 0.15) is 62.7 Å². The summed E-state index contributed by atoms with van der Waals surface area (Å²) in [6, 6.07) is 8.99. The lowest BCUT2D eigenvalue weighted by molar-refractivity contribution is 0.0286. The standard InChI is InChI=1S/C17H28N2O/c1-2-3-4-5-9-15(19-18)13-17-16-10-7-6-8-14(16)11-12-20-17/h6-8,10,15,17,19H,2-5,9,11-13,18H2,1H3. The molecule has 1 aromatic rings. The van der Waals surface area contributed by atoms with Gasteiger partial charge in [-0.1, -0.05) is 56.9 Å². The number of hydrogen-bond donors (Lipinski definition) is 2. The number of benzene rings is 1. The Hall–Kier alpha value is -0.900. The highest BCUT2D eigenvalue weighted by atomic mass is 16.5. The summed E-state index contributed by atoms with van der Waals surface area (Å²) in [6.45, 7) is 3.07. The average molecular weight is 276 g/mol. The van der Waals surface area contributed by atoms with Crippen molar-refractivity contribution in [1.29, 1.82) is 0 Å². The van der Waals surface area contributed by atoms with Gasteiger partial charge in [0.2, 0.25) is 0 Å². The zero-order valence-corrected chi connectivity index (χ0v) is 12.6. The Morgan fingerprint density at radius 2 is 2.15 bits per heavy atom. The molecular formula is C17H28N2O. The third-order valence-corrected chi connectivity index (χ3v) is 4.23. The Kier molecular flexibility index (Phi) is 6.51. The lowest BCUT2D eigenvalue weighted by Gasteiger charge is -2.29. The van der Waals surface area contributed by atoms with Gasteiger partial charge in [0.05, 0.1) is 12.7 Å². The maximum atomic E-state index is 5.97. The maximum absolute atomic E-state index is 5.97. The Labute approximate surface area is 122 Å². The molecule has 0 saturated heterocycles. The molecule has 0 saturated carbocycles. The van der Waals surface area contributed by atoms with Crippen molar-refractivity contribution in [3.63, 3.8) is 0 Å². The van der Waals surface area contributed by atoms with Gasteiger partial charge in [-0.2, -0.15) is 0 Å². The van der Waals surface area contributed by atoms with Crippen molar-refractivity contribution in [3.05, 3.63) is 35.4 Å². The number of rotatable bonds is 8. The van der Waals surface area contributed by atoms with E-state index < -0.39 is 0 Å². The van der Waals surface area contributed by atoms with E-state index in [1.807, 2.05) is 0 Å². The van der Waals surface area contributed by atoms with Crippen LogP contribution in [-0.2, 0) is 11.2 Å². The quantitative estimate of drug-likeness (QED) is 0.434. The fourth-order valence-corrected chi connectivity index (χ4v) is 3.02. The van der Waals surface area contributed by atoms with Crippen LogP contribution in [0.5, 0.6) is 0 Å². The van der Waals surface area contributed by atoms with E-state index in [0.717, 1.165) is 25.9 Å². The van der Waals surface area contributed by atoms with Crippen LogP contribution in [0.15, 0.2) is 24.3 Å². The lowest BCUT2D eigenvalue weighted by atomic mass is 9.92. The second-order valence-corrected chi connectivity index (χ2v) is 5.76. The first kappa shape index (κ1) is 15.5. The minimum absolute atomic E-state index is 0.201. The van der Waals surface area contributed by atoms with Crippen molar-refractivity contribution in [2.75, 3.05) is 6.61 Å². The highest BCUT2D eigenvalue weighted by Crippen LogP contribution is 2.31. The number of hydrazine groups is 1. The monoisotopic (exact) mass is 276 g/mol. The number of ether oxygens (including phenoxy) is 1. The Bertz CT molecular complexity index is 394. The molecule has 1 aliphatic rings. The van der Waals surface area contributed by atoms with Gasteiger partial charge >= 0.3 is 0 Å². The summed E-state index contributed by atoms with van der Waals surface area (Å²) in [5.41, 5.74) is 5.77. The van der Waals surface area contributed by atoms with Gasteiger partial charge in [0.15, 0.2) is 0 Å². The number of hydrogen-bond acceptors (Lipinski definition) is 3. The minimum atomic E-state index is 0.201. The van der Waals surface area contributed by atoms with E-state index in [-0.39, 0.29) is 6.10 Å². The highest BCUT2D eigenvalue weighted by molar-refractivity contribution is 5.30. The molecule has 0 aliphatic carbocycles. The van der Waals surface area contributed by atoms with E-state index in [0.29, 0.717) is 6.04 Å². The van der Waals surface area contributed by atoms with Crippen molar-refractivity contribution in [3.8, 4) is 0 Å². The molecule has 3 nitrogen and oxygen atoms in total. The number of fused-ring (bicyclic) bond motifs is 1. The van der Waals surface area contributed by atoms with E-state index in [1.165, 1.54) is 36.8 Å². The first-order chi connectivity index (χ1) is 9.85. The van der Waals surface area contributed by atoms with Crippen LogP contribution in [0.25, 0.3) is 0 Å². The second kappa shape index (κ2) is 8.40. The molecule has 0 radical (unpaired) electrons. The summed E-state index contributed by atoms with van der Waals surface area (Å²) < 4.78 is 5.97. The van der Waals surface area contributed by atoms with Gasteiger partial charge in [0, 0.05) is 6.04 Å². The summed E-state index contributed by atoms with van der Waals surface area (Å²) in [4.78, 5) is 0. The van der Waals surface area contributed by atoms with E-state index in [4.69, 9.17) is 10.6 Å². The Morgan fingerprint density at radius 1 is 1.30 bits per heavy atom. The first-order valence-corrected chi connectivity index (χ1v) is 8.00. The molecule has 0 fully saturated rings. The second-order valence-electron chi connectivity index (χ2n) is 5.76. The van der Waals surface area contributed by atoms with Crippen LogP contribution in [0, 0.1) is 0 Å². The number of nitrogens with two attached hydrogens (primary N) is 1. The summed E-state index contributed by atoms with van der Waals surface area (Å²) in [7, 11) is 0. The molecule has 0 amide bonds. The first-order valence-electron chi connectivity index (χ1n) is 8.00. The fourth-order valence-electron chi connectivity index (χ4n) is 3.02. The van der Waals surface area contributed by atoms with Crippen LogP contribution >= 0.6 is 0 Å². The largest absolute Gasteiger partial charge is 0.373 e. The lowest BCUT2D eigenvalue weighted by Crippen LogP contribution is -2.37. The molecule has 112 valence electrons. The van der Waals surface area contributed by atoms with Gasteiger partial charge in [-0.15, -0.1) is 0 Å². The molecule has 0 spiro atoms. The van der Waals surface area contributed by atoms with E-state index >= 15 is 0 Å². The summed E-state index contributed by atoms with van der Waals surface area (Å²) >= 11 is 0. The zero-order chi connectivity index (χ0) is 14.2. The molecule has 1 heterocycles. The van der Waals surface area contributed by atoms with Crippen molar-refractivity contribution in [2.45, 2.75) is 64.0 Å².